The van der Waals surface area contributed by atoms with E-state index in [2.05, 4.69) is 10.6 Å². The molecule has 1 aromatic carbocycles. The van der Waals surface area contributed by atoms with Gasteiger partial charge in [-0.3, -0.25) is 9.59 Å². The van der Waals surface area contributed by atoms with E-state index >= 15 is 0 Å². The van der Waals surface area contributed by atoms with E-state index in [1.807, 2.05) is 13.0 Å². The summed E-state index contributed by atoms with van der Waals surface area (Å²) < 4.78 is 10.2. The standard InChI is InChI=1S/C16H18N2O4/c1-2-22-14-5-3-13(4-6-14)18-16(20)15(19)17-9-7-12-8-10-21-11-12/h3-6,8,10-11H,2,7,9H2,1H3,(H,17,19)(H,18,20). The van der Waals surface area contributed by atoms with Gasteiger partial charge in [0.05, 0.1) is 19.1 Å². The molecule has 0 spiro atoms. The minimum Gasteiger partial charge on any atom is -0.494 e. The highest BCUT2D eigenvalue weighted by Gasteiger charge is 2.13. The highest BCUT2D eigenvalue weighted by atomic mass is 16.5. The van der Waals surface area contributed by atoms with Crippen LogP contribution in [0.15, 0.2) is 47.3 Å². The lowest BCUT2D eigenvalue weighted by molar-refractivity contribution is -0.136. The topological polar surface area (TPSA) is 80.6 Å². The summed E-state index contributed by atoms with van der Waals surface area (Å²) in [6, 6.07) is 8.64. The molecule has 1 aromatic heterocycles. The van der Waals surface area contributed by atoms with E-state index in [1.165, 1.54) is 0 Å². The maximum Gasteiger partial charge on any atom is 0.313 e. The predicted molar refractivity (Wildman–Crippen MR) is 81.7 cm³/mol. The van der Waals surface area contributed by atoms with Gasteiger partial charge in [0.1, 0.15) is 5.75 Å². The normalized spacial score (nSPS) is 10.0. The molecular weight excluding hydrogens is 284 g/mol. The first-order valence-electron chi connectivity index (χ1n) is 7.02. The molecule has 2 rings (SSSR count). The molecule has 1 heterocycles. The van der Waals surface area contributed by atoms with Gasteiger partial charge in [0, 0.05) is 12.2 Å². The molecule has 0 aliphatic carbocycles. The van der Waals surface area contributed by atoms with Gasteiger partial charge in [-0.1, -0.05) is 0 Å². The Morgan fingerprint density at radius 2 is 1.91 bits per heavy atom. The summed E-state index contributed by atoms with van der Waals surface area (Å²) >= 11 is 0. The van der Waals surface area contributed by atoms with Gasteiger partial charge in [-0.15, -0.1) is 0 Å². The number of benzene rings is 1. The smallest absolute Gasteiger partial charge is 0.313 e. The number of anilines is 1. The quantitative estimate of drug-likeness (QED) is 0.800. The van der Waals surface area contributed by atoms with Crippen LogP contribution >= 0.6 is 0 Å². The monoisotopic (exact) mass is 302 g/mol. The van der Waals surface area contributed by atoms with Crippen molar-refractivity contribution in [1.29, 1.82) is 0 Å². The summed E-state index contributed by atoms with van der Waals surface area (Å²) in [5, 5.41) is 5.08. The van der Waals surface area contributed by atoms with Crippen LogP contribution in [-0.2, 0) is 16.0 Å². The Morgan fingerprint density at radius 1 is 1.14 bits per heavy atom. The summed E-state index contributed by atoms with van der Waals surface area (Å²) in [4.78, 5) is 23.4. The van der Waals surface area contributed by atoms with Crippen LogP contribution in [0.4, 0.5) is 5.69 Å². The van der Waals surface area contributed by atoms with Crippen LogP contribution in [0.5, 0.6) is 5.75 Å². The molecular formula is C16H18N2O4. The Hall–Kier alpha value is -2.76. The van der Waals surface area contributed by atoms with E-state index in [4.69, 9.17) is 9.15 Å². The highest BCUT2D eigenvalue weighted by molar-refractivity contribution is 6.39. The van der Waals surface area contributed by atoms with Gasteiger partial charge in [-0.2, -0.15) is 0 Å². The number of nitrogens with one attached hydrogen (secondary N) is 2. The van der Waals surface area contributed by atoms with Gasteiger partial charge >= 0.3 is 11.8 Å². The molecule has 2 amide bonds. The van der Waals surface area contributed by atoms with Crippen molar-refractivity contribution in [2.75, 3.05) is 18.5 Å². The van der Waals surface area contributed by atoms with Gasteiger partial charge in [-0.25, -0.2) is 0 Å². The van der Waals surface area contributed by atoms with Crippen molar-refractivity contribution in [2.24, 2.45) is 0 Å². The SMILES string of the molecule is CCOc1ccc(NC(=O)C(=O)NCCc2ccoc2)cc1. The van der Waals surface area contributed by atoms with Crippen molar-refractivity contribution in [3.63, 3.8) is 0 Å². The van der Waals surface area contributed by atoms with Crippen LogP contribution in [-0.4, -0.2) is 25.0 Å². The Bertz CT molecular complexity index is 606. The van der Waals surface area contributed by atoms with E-state index in [1.54, 1.807) is 36.8 Å². The fourth-order valence-corrected chi connectivity index (χ4v) is 1.82. The lowest BCUT2D eigenvalue weighted by Gasteiger charge is -2.07. The van der Waals surface area contributed by atoms with Crippen molar-refractivity contribution in [1.82, 2.24) is 5.32 Å². The summed E-state index contributed by atoms with van der Waals surface area (Å²) in [5.41, 5.74) is 1.51. The van der Waals surface area contributed by atoms with Gasteiger partial charge in [0.2, 0.25) is 0 Å². The van der Waals surface area contributed by atoms with Gasteiger partial charge < -0.3 is 19.8 Å². The number of carbonyl (C=O) groups excluding carboxylic acids is 2. The molecule has 6 nitrogen and oxygen atoms in total. The summed E-state index contributed by atoms with van der Waals surface area (Å²) in [5.74, 6) is -0.654. The lowest BCUT2D eigenvalue weighted by atomic mass is 10.2. The number of hydrogen-bond acceptors (Lipinski definition) is 4. The highest BCUT2D eigenvalue weighted by Crippen LogP contribution is 2.15. The molecule has 0 radical (unpaired) electrons. The van der Waals surface area contributed by atoms with Crippen molar-refractivity contribution >= 4 is 17.5 Å². The predicted octanol–water partition coefficient (Wildman–Crippen LogP) is 1.98. The number of rotatable bonds is 6. The second kappa shape index (κ2) is 7.87. The second-order valence-electron chi connectivity index (χ2n) is 4.55. The maximum atomic E-state index is 11.7. The van der Waals surface area contributed by atoms with E-state index < -0.39 is 11.8 Å². The van der Waals surface area contributed by atoms with E-state index in [0.717, 1.165) is 5.56 Å². The zero-order valence-corrected chi connectivity index (χ0v) is 12.3. The van der Waals surface area contributed by atoms with E-state index in [0.29, 0.717) is 31.0 Å². The fourth-order valence-electron chi connectivity index (χ4n) is 1.82. The first-order chi connectivity index (χ1) is 10.7. The largest absolute Gasteiger partial charge is 0.494 e. The molecule has 2 aromatic rings. The summed E-state index contributed by atoms with van der Waals surface area (Å²) in [6.45, 7) is 2.84. The van der Waals surface area contributed by atoms with Crippen LogP contribution in [0.25, 0.3) is 0 Å². The third-order valence-electron chi connectivity index (χ3n) is 2.91. The molecule has 0 fully saturated rings. The second-order valence-corrected chi connectivity index (χ2v) is 4.55. The Balaban J connectivity index is 1.76. The lowest BCUT2D eigenvalue weighted by Crippen LogP contribution is -2.36. The molecule has 0 unspecified atom stereocenters. The minimum atomic E-state index is -0.698. The zero-order valence-electron chi connectivity index (χ0n) is 12.3. The Kier molecular flexibility index (Phi) is 5.59. The number of amides is 2. The van der Waals surface area contributed by atoms with Crippen LogP contribution in [0, 0.1) is 0 Å². The van der Waals surface area contributed by atoms with Crippen LogP contribution < -0.4 is 15.4 Å². The molecule has 0 saturated heterocycles. The Labute approximate surface area is 128 Å². The van der Waals surface area contributed by atoms with Crippen LogP contribution in [0.1, 0.15) is 12.5 Å². The van der Waals surface area contributed by atoms with Crippen LogP contribution in [0.2, 0.25) is 0 Å². The molecule has 116 valence electrons. The summed E-state index contributed by atoms with van der Waals surface area (Å²) in [6.07, 6.45) is 3.78. The van der Waals surface area contributed by atoms with Gasteiger partial charge in [-0.05, 0) is 49.2 Å². The molecule has 0 aliphatic rings. The molecule has 0 atom stereocenters. The molecule has 6 heteroatoms. The molecule has 2 N–H and O–H groups in total. The van der Waals surface area contributed by atoms with Gasteiger partial charge in [0.15, 0.2) is 0 Å². The molecule has 0 aliphatic heterocycles. The average molecular weight is 302 g/mol. The number of hydrogen-bond donors (Lipinski definition) is 2. The van der Waals surface area contributed by atoms with E-state index in [9.17, 15) is 9.59 Å². The third kappa shape index (κ3) is 4.66. The zero-order chi connectivity index (χ0) is 15.8. The van der Waals surface area contributed by atoms with Crippen molar-refractivity contribution in [2.45, 2.75) is 13.3 Å². The van der Waals surface area contributed by atoms with Crippen molar-refractivity contribution in [3.8, 4) is 5.75 Å². The minimum absolute atomic E-state index is 0.370. The Morgan fingerprint density at radius 3 is 2.55 bits per heavy atom. The molecule has 0 saturated carbocycles. The van der Waals surface area contributed by atoms with Gasteiger partial charge in [0.25, 0.3) is 0 Å². The number of ether oxygens (including phenoxy) is 1. The van der Waals surface area contributed by atoms with Crippen molar-refractivity contribution in [3.05, 3.63) is 48.4 Å². The van der Waals surface area contributed by atoms with Crippen molar-refractivity contribution < 1.29 is 18.7 Å². The van der Waals surface area contributed by atoms with E-state index in [-0.39, 0.29) is 0 Å². The average Bonchev–Trinajstić information content (AvgIpc) is 3.02. The fraction of sp³-hybridized carbons (Fsp3) is 0.250. The maximum absolute atomic E-state index is 11.7. The molecule has 0 bridgehead atoms. The first-order valence-corrected chi connectivity index (χ1v) is 7.02. The third-order valence-corrected chi connectivity index (χ3v) is 2.91. The molecule has 22 heavy (non-hydrogen) atoms. The number of carbonyl (C=O) groups is 2. The van der Waals surface area contributed by atoms with Crippen LogP contribution in [0.3, 0.4) is 0 Å². The number of furan rings is 1. The first kappa shape index (κ1) is 15.6. The summed E-state index contributed by atoms with van der Waals surface area (Å²) in [7, 11) is 0.